The van der Waals surface area contributed by atoms with Gasteiger partial charge in [-0.3, -0.25) is 4.79 Å². The van der Waals surface area contributed by atoms with Gasteiger partial charge in [-0.05, 0) is 55.2 Å². The molecule has 2 aromatic heterocycles. The third-order valence-electron chi connectivity index (χ3n) is 4.92. The number of anilines is 1. The monoisotopic (exact) mass is 388 g/mol. The van der Waals surface area contributed by atoms with Crippen molar-refractivity contribution in [1.29, 1.82) is 0 Å². The van der Waals surface area contributed by atoms with Crippen LogP contribution in [-0.2, 0) is 23.8 Å². The van der Waals surface area contributed by atoms with Crippen molar-refractivity contribution in [2.75, 3.05) is 5.32 Å². The fraction of sp³-hybridized carbons (Fsp3) is 0.350. The molecule has 28 heavy (non-hydrogen) atoms. The molecule has 0 saturated heterocycles. The van der Waals surface area contributed by atoms with Gasteiger partial charge in [0.2, 0.25) is 5.91 Å². The van der Waals surface area contributed by atoms with Gasteiger partial charge in [0.1, 0.15) is 0 Å². The summed E-state index contributed by atoms with van der Waals surface area (Å²) in [7, 11) is 0. The van der Waals surface area contributed by atoms with E-state index in [-0.39, 0.29) is 18.0 Å². The zero-order valence-electron chi connectivity index (χ0n) is 15.7. The molecule has 0 unspecified atom stereocenters. The van der Waals surface area contributed by atoms with E-state index in [1.54, 1.807) is 26.0 Å². The summed E-state index contributed by atoms with van der Waals surface area (Å²) in [5, 5.41) is 7.14. The Morgan fingerprint density at radius 2 is 1.93 bits per heavy atom. The standard InChI is InChI=1S/C20H19F3N4O/c1-4-5-15-24-19-11(3)7-14(20(21,22)23)18(27(19)26-15)13-6-10(2)17-12(8-13)9-16(28)25-17/h6-8H,4-5,9H2,1-3H3,(H,25,28). The molecule has 1 aliphatic heterocycles. The highest BCUT2D eigenvalue weighted by molar-refractivity contribution is 6.00. The fourth-order valence-corrected chi connectivity index (χ4v) is 3.72. The van der Waals surface area contributed by atoms with Crippen LogP contribution < -0.4 is 5.32 Å². The number of aromatic nitrogens is 3. The predicted octanol–water partition coefficient (Wildman–Crippen LogP) is 4.48. The first-order valence-electron chi connectivity index (χ1n) is 9.09. The van der Waals surface area contributed by atoms with E-state index < -0.39 is 11.7 Å². The topological polar surface area (TPSA) is 59.3 Å². The number of fused-ring (bicyclic) bond motifs is 2. The zero-order valence-corrected chi connectivity index (χ0v) is 15.7. The van der Waals surface area contributed by atoms with Gasteiger partial charge in [-0.15, -0.1) is 0 Å². The number of hydrogen-bond donors (Lipinski definition) is 1. The third-order valence-corrected chi connectivity index (χ3v) is 4.92. The average molecular weight is 388 g/mol. The van der Waals surface area contributed by atoms with Crippen molar-refractivity contribution in [2.24, 2.45) is 0 Å². The number of carbonyl (C=O) groups excluding carboxylic acids is 1. The van der Waals surface area contributed by atoms with Crippen LogP contribution in [0.15, 0.2) is 18.2 Å². The van der Waals surface area contributed by atoms with E-state index in [1.165, 1.54) is 4.52 Å². The second-order valence-corrected chi connectivity index (χ2v) is 7.15. The zero-order chi connectivity index (χ0) is 20.2. The Bertz CT molecular complexity index is 1120. The third kappa shape index (κ3) is 2.93. The lowest BCUT2D eigenvalue weighted by molar-refractivity contribution is -0.137. The molecule has 0 saturated carbocycles. The molecule has 3 heterocycles. The van der Waals surface area contributed by atoms with Crippen LogP contribution in [0.25, 0.3) is 16.9 Å². The normalized spacial score (nSPS) is 13.9. The number of rotatable bonds is 3. The number of benzene rings is 1. The van der Waals surface area contributed by atoms with Gasteiger partial charge >= 0.3 is 6.18 Å². The van der Waals surface area contributed by atoms with E-state index in [9.17, 15) is 18.0 Å². The van der Waals surface area contributed by atoms with E-state index in [4.69, 9.17) is 0 Å². The first-order chi connectivity index (χ1) is 13.2. The van der Waals surface area contributed by atoms with Crippen LogP contribution in [0.3, 0.4) is 0 Å². The molecule has 1 N–H and O–H groups in total. The van der Waals surface area contributed by atoms with Crippen molar-refractivity contribution in [3.05, 3.63) is 46.3 Å². The van der Waals surface area contributed by atoms with Gasteiger partial charge in [0.25, 0.3) is 0 Å². The minimum absolute atomic E-state index is 0.0480. The molecule has 0 aliphatic carbocycles. The van der Waals surface area contributed by atoms with Crippen LogP contribution in [-0.4, -0.2) is 20.5 Å². The van der Waals surface area contributed by atoms with Gasteiger partial charge in [-0.1, -0.05) is 6.92 Å². The summed E-state index contributed by atoms with van der Waals surface area (Å²) in [6, 6.07) is 4.42. The molecule has 1 aliphatic rings. The molecule has 0 spiro atoms. The van der Waals surface area contributed by atoms with E-state index >= 15 is 0 Å². The Morgan fingerprint density at radius 1 is 1.18 bits per heavy atom. The van der Waals surface area contributed by atoms with Crippen LogP contribution in [0, 0.1) is 13.8 Å². The SMILES string of the molecule is CCCc1nc2c(C)cc(C(F)(F)F)c(-c3cc(C)c4c(c3)CC(=O)N4)n2n1. The quantitative estimate of drug-likeness (QED) is 0.720. The first-order valence-corrected chi connectivity index (χ1v) is 9.09. The van der Waals surface area contributed by atoms with Gasteiger partial charge in [0.05, 0.1) is 17.7 Å². The van der Waals surface area contributed by atoms with Gasteiger partial charge < -0.3 is 5.32 Å². The molecule has 0 radical (unpaired) electrons. The van der Waals surface area contributed by atoms with Crippen LogP contribution in [0.4, 0.5) is 18.9 Å². The summed E-state index contributed by atoms with van der Waals surface area (Å²) < 4.78 is 43.0. The van der Waals surface area contributed by atoms with Crippen LogP contribution in [0.5, 0.6) is 0 Å². The lowest BCUT2D eigenvalue weighted by Crippen LogP contribution is -2.12. The molecule has 0 bridgehead atoms. The number of pyridine rings is 1. The summed E-state index contributed by atoms with van der Waals surface area (Å²) >= 11 is 0. The van der Waals surface area contributed by atoms with Crippen molar-refractivity contribution < 1.29 is 18.0 Å². The second-order valence-electron chi connectivity index (χ2n) is 7.15. The highest BCUT2D eigenvalue weighted by Gasteiger charge is 2.37. The number of nitrogens with one attached hydrogen (secondary N) is 1. The molecular weight excluding hydrogens is 369 g/mol. The Labute approximate surface area is 159 Å². The van der Waals surface area contributed by atoms with Gasteiger partial charge in [-0.25, -0.2) is 9.50 Å². The smallest absolute Gasteiger partial charge is 0.325 e. The number of halogens is 3. The van der Waals surface area contributed by atoms with E-state index in [1.807, 2.05) is 6.92 Å². The molecule has 0 fully saturated rings. The largest absolute Gasteiger partial charge is 0.418 e. The van der Waals surface area contributed by atoms with Crippen molar-refractivity contribution in [3.8, 4) is 11.3 Å². The maximum Gasteiger partial charge on any atom is 0.418 e. The minimum Gasteiger partial charge on any atom is -0.325 e. The Morgan fingerprint density at radius 3 is 2.61 bits per heavy atom. The Kier molecular flexibility index (Phi) is 4.17. The molecular formula is C20H19F3N4O. The van der Waals surface area contributed by atoms with Crippen LogP contribution in [0.1, 0.15) is 41.4 Å². The fourth-order valence-electron chi connectivity index (χ4n) is 3.72. The lowest BCUT2D eigenvalue weighted by atomic mass is 9.98. The highest BCUT2D eigenvalue weighted by Crippen LogP contribution is 2.40. The maximum atomic E-state index is 13.9. The van der Waals surface area contributed by atoms with Crippen molar-refractivity contribution in [2.45, 2.75) is 46.2 Å². The van der Waals surface area contributed by atoms with Crippen molar-refractivity contribution >= 4 is 17.2 Å². The lowest BCUT2D eigenvalue weighted by Gasteiger charge is -2.17. The first kappa shape index (κ1) is 18.5. The molecule has 5 nitrogen and oxygen atoms in total. The minimum atomic E-state index is -4.55. The molecule has 0 atom stereocenters. The molecule has 3 aromatic rings. The average Bonchev–Trinajstić information content (AvgIpc) is 3.17. The Balaban J connectivity index is 2.05. The molecule has 146 valence electrons. The number of amides is 1. The summed E-state index contributed by atoms with van der Waals surface area (Å²) in [4.78, 5) is 16.2. The van der Waals surface area contributed by atoms with E-state index in [2.05, 4.69) is 15.4 Å². The maximum absolute atomic E-state index is 13.9. The van der Waals surface area contributed by atoms with Gasteiger partial charge in [0, 0.05) is 17.7 Å². The molecule has 1 amide bonds. The number of aryl methyl sites for hydroxylation is 3. The van der Waals surface area contributed by atoms with E-state index in [0.717, 1.165) is 12.5 Å². The summed E-state index contributed by atoms with van der Waals surface area (Å²) in [5.41, 5.74) is 2.48. The van der Waals surface area contributed by atoms with Crippen molar-refractivity contribution in [1.82, 2.24) is 14.6 Å². The molecule has 4 rings (SSSR count). The Hall–Kier alpha value is -2.90. The van der Waals surface area contributed by atoms with Crippen LogP contribution >= 0.6 is 0 Å². The number of hydrogen-bond acceptors (Lipinski definition) is 3. The molecule has 1 aromatic carbocycles. The summed E-state index contributed by atoms with van der Waals surface area (Å²) in [5.74, 6) is 0.354. The molecule has 8 heteroatoms. The summed E-state index contributed by atoms with van der Waals surface area (Å²) in [6.45, 7) is 5.35. The number of nitrogens with zero attached hydrogens (tertiary/aromatic N) is 3. The second kappa shape index (κ2) is 6.32. The number of alkyl halides is 3. The highest BCUT2D eigenvalue weighted by atomic mass is 19.4. The van der Waals surface area contributed by atoms with Gasteiger partial charge in [-0.2, -0.15) is 18.3 Å². The van der Waals surface area contributed by atoms with Crippen LogP contribution in [0.2, 0.25) is 0 Å². The summed E-state index contributed by atoms with van der Waals surface area (Å²) in [6.07, 6.45) is -3.02. The van der Waals surface area contributed by atoms with Crippen molar-refractivity contribution in [3.63, 3.8) is 0 Å². The number of carbonyl (C=O) groups is 1. The predicted molar refractivity (Wildman–Crippen MR) is 99.2 cm³/mol. The van der Waals surface area contributed by atoms with Gasteiger partial charge in [0.15, 0.2) is 11.5 Å². The van der Waals surface area contributed by atoms with E-state index in [0.29, 0.717) is 45.8 Å².